The zero-order chi connectivity index (χ0) is 24.4. The second-order valence-corrected chi connectivity index (χ2v) is 8.12. The van der Waals surface area contributed by atoms with E-state index >= 15 is 0 Å². The number of likely N-dealkylation sites (tertiary alicyclic amines) is 1. The monoisotopic (exact) mass is 463 g/mol. The van der Waals surface area contributed by atoms with Crippen LogP contribution in [0.5, 0.6) is 5.75 Å². The van der Waals surface area contributed by atoms with Crippen LogP contribution in [-0.2, 0) is 25.6 Å². The van der Waals surface area contributed by atoms with Crippen molar-refractivity contribution >= 4 is 23.7 Å². The number of unbranched alkanes of at least 4 members (excludes halogenated alkanes) is 1. The van der Waals surface area contributed by atoms with Crippen molar-refractivity contribution in [2.24, 2.45) is 11.5 Å². The van der Waals surface area contributed by atoms with E-state index in [2.05, 4.69) is 10.6 Å². The number of hydrogen-bond donors (Lipinski definition) is 6. The van der Waals surface area contributed by atoms with Crippen LogP contribution in [0, 0.1) is 0 Å². The van der Waals surface area contributed by atoms with Crippen molar-refractivity contribution in [3.8, 4) is 5.75 Å². The Balaban J connectivity index is 1.90. The van der Waals surface area contributed by atoms with Gasteiger partial charge in [-0.25, -0.2) is 4.79 Å². The molecule has 0 bridgehead atoms. The summed E-state index contributed by atoms with van der Waals surface area (Å²) in [6.45, 7) is 0.566. The average Bonchev–Trinajstić information content (AvgIpc) is 3.28. The lowest BCUT2D eigenvalue weighted by molar-refractivity contribution is -0.144. The third-order valence-corrected chi connectivity index (χ3v) is 5.59. The Morgan fingerprint density at radius 3 is 2.48 bits per heavy atom. The first-order valence-electron chi connectivity index (χ1n) is 11.1. The van der Waals surface area contributed by atoms with Gasteiger partial charge in [-0.3, -0.25) is 14.4 Å². The predicted octanol–water partition coefficient (Wildman–Crippen LogP) is -0.932. The van der Waals surface area contributed by atoms with Gasteiger partial charge < -0.3 is 37.2 Å². The molecule has 33 heavy (non-hydrogen) atoms. The SMILES string of the molecule is NCCCCC(N)C(=O)NCC(=O)N1CCCC1C(=O)NC(Cc1ccc(O)cc1)C(=O)O. The second kappa shape index (κ2) is 12.8. The number of rotatable bonds is 12. The van der Waals surface area contributed by atoms with Gasteiger partial charge >= 0.3 is 5.97 Å². The van der Waals surface area contributed by atoms with E-state index in [9.17, 15) is 29.4 Å². The fourth-order valence-electron chi connectivity index (χ4n) is 3.71. The largest absolute Gasteiger partial charge is 0.508 e. The minimum atomic E-state index is -1.21. The van der Waals surface area contributed by atoms with Gasteiger partial charge in [-0.1, -0.05) is 18.6 Å². The van der Waals surface area contributed by atoms with E-state index in [1.165, 1.54) is 17.0 Å². The highest BCUT2D eigenvalue weighted by molar-refractivity contribution is 5.93. The quantitative estimate of drug-likeness (QED) is 0.214. The molecule has 0 spiro atoms. The molecule has 2 rings (SSSR count). The normalized spacial score (nSPS) is 17.3. The van der Waals surface area contributed by atoms with Crippen molar-refractivity contribution in [3.63, 3.8) is 0 Å². The van der Waals surface area contributed by atoms with Crippen molar-refractivity contribution in [1.82, 2.24) is 15.5 Å². The van der Waals surface area contributed by atoms with E-state index < -0.39 is 41.8 Å². The maximum atomic E-state index is 12.8. The van der Waals surface area contributed by atoms with Crippen LogP contribution < -0.4 is 22.1 Å². The van der Waals surface area contributed by atoms with Gasteiger partial charge in [0.05, 0.1) is 12.6 Å². The van der Waals surface area contributed by atoms with Gasteiger partial charge in [-0.15, -0.1) is 0 Å². The minimum Gasteiger partial charge on any atom is -0.508 e. The number of phenolic OH excluding ortho intramolecular Hbond substituents is 1. The van der Waals surface area contributed by atoms with Crippen LogP contribution in [0.25, 0.3) is 0 Å². The third kappa shape index (κ3) is 8.03. The molecule has 3 atom stereocenters. The number of amides is 3. The molecule has 11 nitrogen and oxygen atoms in total. The van der Waals surface area contributed by atoms with Gasteiger partial charge in [0, 0.05) is 13.0 Å². The number of carbonyl (C=O) groups is 4. The molecule has 3 unspecified atom stereocenters. The van der Waals surface area contributed by atoms with E-state index in [1.807, 2.05) is 0 Å². The summed E-state index contributed by atoms with van der Waals surface area (Å²) in [4.78, 5) is 50.5. The van der Waals surface area contributed by atoms with E-state index in [4.69, 9.17) is 11.5 Å². The Hall–Kier alpha value is -3.18. The van der Waals surface area contributed by atoms with Crippen molar-refractivity contribution in [3.05, 3.63) is 29.8 Å². The van der Waals surface area contributed by atoms with E-state index in [0.29, 0.717) is 44.3 Å². The molecule has 1 aromatic carbocycles. The summed E-state index contributed by atoms with van der Waals surface area (Å²) in [5, 5.41) is 23.9. The first-order valence-corrected chi connectivity index (χ1v) is 11.1. The molecule has 1 fully saturated rings. The summed E-state index contributed by atoms with van der Waals surface area (Å²) in [7, 11) is 0. The Labute approximate surface area is 192 Å². The maximum absolute atomic E-state index is 12.8. The number of nitrogens with zero attached hydrogens (tertiary/aromatic N) is 1. The summed E-state index contributed by atoms with van der Waals surface area (Å²) in [6.07, 6.45) is 2.95. The van der Waals surface area contributed by atoms with E-state index in [-0.39, 0.29) is 18.7 Å². The van der Waals surface area contributed by atoms with Gasteiger partial charge in [0.25, 0.3) is 0 Å². The average molecular weight is 464 g/mol. The maximum Gasteiger partial charge on any atom is 0.326 e. The zero-order valence-electron chi connectivity index (χ0n) is 18.5. The molecule has 8 N–H and O–H groups in total. The lowest BCUT2D eigenvalue weighted by Crippen LogP contribution is -2.53. The third-order valence-electron chi connectivity index (χ3n) is 5.59. The first kappa shape index (κ1) is 26.1. The van der Waals surface area contributed by atoms with E-state index in [1.54, 1.807) is 12.1 Å². The number of aliphatic carboxylic acids is 1. The highest BCUT2D eigenvalue weighted by Gasteiger charge is 2.36. The highest BCUT2D eigenvalue weighted by atomic mass is 16.4. The predicted molar refractivity (Wildman–Crippen MR) is 120 cm³/mol. The molecule has 0 aliphatic carbocycles. The summed E-state index contributed by atoms with van der Waals surface area (Å²) in [5.41, 5.74) is 11.9. The van der Waals surface area contributed by atoms with Crippen LogP contribution in [0.1, 0.15) is 37.7 Å². The van der Waals surface area contributed by atoms with Gasteiger partial charge in [-0.05, 0) is 49.9 Å². The summed E-state index contributed by atoms with van der Waals surface area (Å²) in [5.74, 6) is -2.58. The van der Waals surface area contributed by atoms with Crippen molar-refractivity contribution < 1.29 is 29.4 Å². The highest BCUT2D eigenvalue weighted by Crippen LogP contribution is 2.18. The van der Waals surface area contributed by atoms with Gasteiger partial charge in [-0.2, -0.15) is 0 Å². The molecule has 3 amide bonds. The van der Waals surface area contributed by atoms with Gasteiger partial charge in [0.15, 0.2) is 0 Å². The molecule has 1 aliphatic rings. The lowest BCUT2D eigenvalue weighted by atomic mass is 10.0. The molecule has 1 saturated heterocycles. The topological polar surface area (TPSA) is 188 Å². The number of aromatic hydroxyl groups is 1. The lowest BCUT2D eigenvalue weighted by Gasteiger charge is -2.26. The van der Waals surface area contributed by atoms with Crippen molar-refractivity contribution in [2.45, 2.75) is 56.7 Å². The van der Waals surface area contributed by atoms with E-state index in [0.717, 1.165) is 6.42 Å². The standard InChI is InChI=1S/C22H33N5O6/c23-10-2-1-4-16(24)20(30)25-13-19(29)27-11-3-5-18(27)21(31)26-17(22(32)33)12-14-6-8-15(28)9-7-14/h6-9,16-18,28H,1-5,10-13,23-24H2,(H,25,30)(H,26,31)(H,32,33). The number of phenols is 1. The molecule has 182 valence electrons. The molecule has 11 heteroatoms. The number of nitrogens with two attached hydrogens (primary N) is 2. The first-order chi connectivity index (χ1) is 15.7. The molecule has 1 aliphatic heterocycles. The Bertz CT molecular complexity index is 831. The molecule has 1 heterocycles. The number of benzene rings is 1. The fraction of sp³-hybridized carbons (Fsp3) is 0.545. The van der Waals surface area contributed by atoms with Crippen LogP contribution in [0.2, 0.25) is 0 Å². The second-order valence-electron chi connectivity index (χ2n) is 8.12. The van der Waals surface area contributed by atoms with Crippen LogP contribution in [0.4, 0.5) is 0 Å². The Morgan fingerprint density at radius 1 is 1.15 bits per heavy atom. The smallest absolute Gasteiger partial charge is 0.326 e. The molecule has 1 aromatic rings. The minimum absolute atomic E-state index is 0.0279. The van der Waals surface area contributed by atoms with Gasteiger partial charge in [0.1, 0.15) is 17.8 Å². The molecule has 0 saturated carbocycles. The van der Waals surface area contributed by atoms with Crippen LogP contribution >= 0.6 is 0 Å². The van der Waals surface area contributed by atoms with Crippen molar-refractivity contribution in [2.75, 3.05) is 19.6 Å². The van der Waals surface area contributed by atoms with Crippen molar-refractivity contribution in [1.29, 1.82) is 0 Å². The van der Waals surface area contributed by atoms with Crippen LogP contribution in [-0.4, -0.2) is 76.6 Å². The molecular formula is C22H33N5O6. The molecular weight excluding hydrogens is 430 g/mol. The zero-order valence-corrected chi connectivity index (χ0v) is 18.5. The Kier molecular flexibility index (Phi) is 10.1. The summed E-state index contributed by atoms with van der Waals surface area (Å²) >= 11 is 0. The van der Waals surface area contributed by atoms with Crippen LogP contribution in [0.3, 0.4) is 0 Å². The van der Waals surface area contributed by atoms with Gasteiger partial charge in [0.2, 0.25) is 17.7 Å². The fourth-order valence-corrected chi connectivity index (χ4v) is 3.71. The number of carbonyl (C=O) groups excluding carboxylic acids is 3. The Morgan fingerprint density at radius 2 is 1.85 bits per heavy atom. The molecule has 0 aromatic heterocycles. The number of carboxylic acids is 1. The number of nitrogens with one attached hydrogen (secondary N) is 2. The molecule has 0 radical (unpaired) electrons. The number of carboxylic acid groups (broad SMARTS) is 1. The van der Waals surface area contributed by atoms with Crippen LogP contribution in [0.15, 0.2) is 24.3 Å². The summed E-state index contributed by atoms with van der Waals surface area (Å²) in [6, 6.07) is 3.29. The summed E-state index contributed by atoms with van der Waals surface area (Å²) < 4.78 is 0. The number of hydrogen-bond acceptors (Lipinski definition) is 7.